The zero-order chi connectivity index (χ0) is 12.3. The predicted octanol–water partition coefficient (Wildman–Crippen LogP) is 1.31. The molecule has 0 radical (unpaired) electrons. The molecule has 2 N–H and O–H groups in total. The summed E-state index contributed by atoms with van der Waals surface area (Å²) in [6, 6.07) is 0. The van der Waals surface area contributed by atoms with Gasteiger partial charge < -0.3 is 15.5 Å². The van der Waals surface area contributed by atoms with Crippen molar-refractivity contribution in [1.29, 1.82) is 0 Å². The number of anilines is 1. The van der Waals surface area contributed by atoms with Crippen LogP contribution in [0, 0.1) is 0 Å². The third-order valence-corrected chi connectivity index (χ3v) is 4.46. The summed E-state index contributed by atoms with van der Waals surface area (Å²) in [5.74, 6) is 0. The topological polar surface area (TPSA) is 45.4 Å². The van der Waals surface area contributed by atoms with E-state index in [1.54, 1.807) is 11.3 Å². The number of rotatable bonds is 3. The first kappa shape index (κ1) is 12.8. The van der Waals surface area contributed by atoms with Gasteiger partial charge in [0, 0.05) is 31.1 Å². The molecule has 1 aromatic rings. The Labute approximate surface area is 107 Å². The van der Waals surface area contributed by atoms with Gasteiger partial charge >= 0.3 is 0 Å². The Balaban J connectivity index is 2.12. The van der Waals surface area contributed by atoms with Crippen LogP contribution in [0.1, 0.15) is 23.9 Å². The van der Waals surface area contributed by atoms with Crippen molar-refractivity contribution >= 4 is 16.5 Å². The van der Waals surface area contributed by atoms with Gasteiger partial charge in [-0.3, -0.25) is 0 Å². The molecule has 1 aliphatic heterocycles. The minimum atomic E-state index is 0.620. The number of aromatic nitrogens is 1. The van der Waals surface area contributed by atoms with Gasteiger partial charge in [-0.25, -0.2) is 4.98 Å². The lowest BCUT2D eigenvalue weighted by Crippen LogP contribution is -2.28. The van der Waals surface area contributed by atoms with Gasteiger partial charge in [0.2, 0.25) is 0 Å². The molecule has 0 spiro atoms. The summed E-state index contributed by atoms with van der Waals surface area (Å²) in [6.07, 6.45) is 2.20. The first-order valence-electron chi connectivity index (χ1n) is 6.36. The molecule has 5 heteroatoms. The van der Waals surface area contributed by atoms with Crippen LogP contribution in [0.5, 0.6) is 0 Å². The molecule has 0 aliphatic carbocycles. The Morgan fingerprint density at radius 2 is 2.12 bits per heavy atom. The molecule has 0 amide bonds. The van der Waals surface area contributed by atoms with Gasteiger partial charge in [0.05, 0.1) is 5.69 Å². The molecule has 0 saturated carbocycles. The smallest absolute Gasteiger partial charge is 0.185 e. The van der Waals surface area contributed by atoms with E-state index in [2.05, 4.69) is 23.8 Å². The van der Waals surface area contributed by atoms with Crippen molar-refractivity contribution in [1.82, 2.24) is 9.88 Å². The van der Waals surface area contributed by atoms with Gasteiger partial charge in [-0.05, 0) is 26.4 Å². The van der Waals surface area contributed by atoms with E-state index in [-0.39, 0.29) is 0 Å². The fraction of sp³-hybridized carbons (Fsp3) is 0.750. The van der Waals surface area contributed by atoms with Crippen LogP contribution < -0.4 is 10.6 Å². The normalized spacial score (nSPS) is 18.4. The second-order valence-electron chi connectivity index (χ2n) is 4.57. The van der Waals surface area contributed by atoms with Crippen LogP contribution in [0.3, 0.4) is 0 Å². The second-order valence-corrected chi connectivity index (χ2v) is 5.63. The number of likely N-dealkylation sites (N-methyl/N-ethyl adjacent to an activating group) is 1. The Hall–Kier alpha value is -0.650. The third-order valence-electron chi connectivity index (χ3n) is 3.28. The Bertz CT molecular complexity index is 342. The SMILES string of the molecule is CCc1nc(N2CCCN(C)CC2)sc1CN. The van der Waals surface area contributed by atoms with Crippen LogP contribution in [-0.2, 0) is 13.0 Å². The second kappa shape index (κ2) is 5.80. The lowest BCUT2D eigenvalue weighted by Gasteiger charge is -2.19. The molecule has 1 fully saturated rings. The van der Waals surface area contributed by atoms with E-state index < -0.39 is 0 Å². The highest BCUT2D eigenvalue weighted by atomic mass is 32.1. The Morgan fingerprint density at radius 3 is 2.76 bits per heavy atom. The van der Waals surface area contributed by atoms with Crippen molar-refractivity contribution in [2.45, 2.75) is 26.3 Å². The molecule has 0 bridgehead atoms. The fourth-order valence-electron chi connectivity index (χ4n) is 2.18. The zero-order valence-corrected chi connectivity index (χ0v) is 11.6. The van der Waals surface area contributed by atoms with Gasteiger partial charge in [0.15, 0.2) is 5.13 Å². The highest BCUT2D eigenvalue weighted by Gasteiger charge is 2.17. The lowest BCUT2D eigenvalue weighted by molar-refractivity contribution is 0.360. The minimum Gasteiger partial charge on any atom is -0.347 e. The number of aryl methyl sites for hydroxylation is 1. The maximum Gasteiger partial charge on any atom is 0.185 e. The van der Waals surface area contributed by atoms with E-state index in [1.807, 2.05) is 0 Å². The van der Waals surface area contributed by atoms with Crippen LogP contribution in [0.4, 0.5) is 5.13 Å². The fourth-order valence-corrected chi connectivity index (χ4v) is 3.26. The minimum absolute atomic E-state index is 0.620. The molecule has 2 heterocycles. The number of nitrogens with zero attached hydrogens (tertiary/aromatic N) is 3. The molecule has 1 aliphatic rings. The largest absolute Gasteiger partial charge is 0.347 e. The van der Waals surface area contributed by atoms with Crippen LogP contribution in [0.2, 0.25) is 0 Å². The predicted molar refractivity (Wildman–Crippen MR) is 73.7 cm³/mol. The Morgan fingerprint density at radius 1 is 1.29 bits per heavy atom. The number of hydrogen-bond acceptors (Lipinski definition) is 5. The van der Waals surface area contributed by atoms with E-state index in [9.17, 15) is 0 Å². The van der Waals surface area contributed by atoms with Gasteiger partial charge in [-0.15, -0.1) is 11.3 Å². The molecule has 0 atom stereocenters. The molecule has 17 heavy (non-hydrogen) atoms. The van der Waals surface area contributed by atoms with Crippen molar-refractivity contribution in [3.63, 3.8) is 0 Å². The standard InChI is InChI=1S/C12H22N4S/c1-3-10-11(9-13)17-12(14-10)16-6-4-5-15(2)7-8-16/h3-9,13H2,1-2H3. The molecule has 1 saturated heterocycles. The number of hydrogen-bond donors (Lipinski definition) is 1. The van der Waals surface area contributed by atoms with E-state index >= 15 is 0 Å². The van der Waals surface area contributed by atoms with Gasteiger partial charge in [-0.1, -0.05) is 6.92 Å². The van der Waals surface area contributed by atoms with Crippen molar-refractivity contribution in [2.24, 2.45) is 5.73 Å². The molecule has 2 rings (SSSR count). The van der Waals surface area contributed by atoms with Crippen molar-refractivity contribution < 1.29 is 0 Å². The third kappa shape index (κ3) is 2.97. The highest BCUT2D eigenvalue weighted by Crippen LogP contribution is 2.27. The summed E-state index contributed by atoms with van der Waals surface area (Å²) >= 11 is 1.77. The zero-order valence-electron chi connectivity index (χ0n) is 10.8. The average molecular weight is 254 g/mol. The molecule has 1 aromatic heterocycles. The molecular formula is C12H22N4S. The molecule has 96 valence electrons. The molecular weight excluding hydrogens is 232 g/mol. The van der Waals surface area contributed by atoms with E-state index in [1.165, 1.54) is 23.5 Å². The number of thiazole rings is 1. The Kier molecular flexibility index (Phi) is 4.36. The van der Waals surface area contributed by atoms with Crippen molar-refractivity contribution in [3.8, 4) is 0 Å². The van der Waals surface area contributed by atoms with Crippen LogP contribution in [0.15, 0.2) is 0 Å². The van der Waals surface area contributed by atoms with Gasteiger partial charge in [-0.2, -0.15) is 0 Å². The molecule has 0 unspecified atom stereocenters. The van der Waals surface area contributed by atoms with E-state index in [0.29, 0.717) is 6.54 Å². The van der Waals surface area contributed by atoms with E-state index in [4.69, 9.17) is 10.7 Å². The van der Waals surface area contributed by atoms with Crippen LogP contribution in [-0.4, -0.2) is 43.1 Å². The summed E-state index contributed by atoms with van der Waals surface area (Å²) in [6.45, 7) is 7.27. The van der Waals surface area contributed by atoms with E-state index in [0.717, 1.165) is 31.2 Å². The van der Waals surface area contributed by atoms with Gasteiger partial charge in [0.25, 0.3) is 0 Å². The summed E-state index contributed by atoms with van der Waals surface area (Å²) in [5.41, 5.74) is 6.95. The number of nitrogens with two attached hydrogens (primary N) is 1. The quantitative estimate of drug-likeness (QED) is 0.883. The summed E-state index contributed by atoms with van der Waals surface area (Å²) in [4.78, 5) is 10.8. The monoisotopic (exact) mass is 254 g/mol. The molecule has 0 aromatic carbocycles. The van der Waals surface area contributed by atoms with Gasteiger partial charge in [0.1, 0.15) is 0 Å². The highest BCUT2D eigenvalue weighted by molar-refractivity contribution is 7.15. The maximum absolute atomic E-state index is 5.77. The van der Waals surface area contributed by atoms with Crippen molar-refractivity contribution in [2.75, 3.05) is 38.1 Å². The van der Waals surface area contributed by atoms with Crippen LogP contribution in [0.25, 0.3) is 0 Å². The molecule has 4 nitrogen and oxygen atoms in total. The maximum atomic E-state index is 5.77. The summed E-state index contributed by atoms with van der Waals surface area (Å²) in [7, 11) is 2.19. The van der Waals surface area contributed by atoms with Crippen molar-refractivity contribution in [3.05, 3.63) is 10.6 Å². The first-order valence-corrected chi connectivity index (χ1v) is 7.18. The first-order chi connectivity index (χ1) is 8.24. The summed E-state index contributed by atoms with van der Waals surface area (Å²) in [5, 5.41) is 1.16. The average Bonchev–Trinajstić information content (AvgIpc) is 2.64. The summed E-state index contributed by atoms with van der Waals surface area (Å²) < 4.78 is 0. The lowest BCUT2D eigenvalue weighted by atomic mass is 10.3. The van der Waals surface area contributed by atoms with Crippen LogP contribution >= 0.6 is 11.3 Å².